The molecule has 0 atom stereocenters. The van der Waals surface area contributed by atoms with Crippen LogP contribution in [-0.4, -0.2) is 16.4 Å². The minimum Gasteiger partial charge on any atom is -0.322 e. The van der Waals surface area contributed by atoms with Crippen molar-refractivity contribution >= 4 is 23.2 Å². The molecule has 1 aliphatic rings. The molecule has 0 aliphatic carbocycles. The number of para-hydroxylation sites is 2. The molecule has 0 unspecified atom stereocenters. The van der Waals surface area contributed by atoms with Gasteiger partial charge >= 0.3 is 0 Å². The molecule has 0 bridgehead atoms. The van der Waals surface area contributed by atoms with Crippen molar-refractivity contribution in [3.8, 4) is 5.69 Å². The third-order valence-corrected chi connectivity index (χ3v) is 5.26. The SMILES string of the molecule is O=C(Nc1ccc(C(=O)N2Cc3cccn3-c3ccccc32)cc1)c1ccccc1. The van der Waals surface area contributed by atoms with E-state index in [1.165, 1.54) is 0 Å². The number of hydrogen-bond acceptors (Lipinski definition) is 2. The van der Waals surface area contributed by atoms with Crippen LogP contribution < -0.4 is 10.2 Å². The Bertz CT molecular complexity index is 1230. The molecule has 2 heterocycles. The van der Waals surface area contributed by atoms with E-state index < -0.39 is 0 Å². The lowest BCUT2D eigenvalue weighted by Crippen LogP contribution is -2.34. The average molecular weight is 393 g/mol. The van der Waals surface area contributed by atoms with Crippen molar-refractivity contribution in [1.82, 2.24) is 4.57 Å². The highest BCUT2D eigenvalue weighted by molar-refractivity contribution is 6.08. The minimum atomic E-state index is -0.180. The van der Waals surface area contributed by atoms with Crippen LogP contribution in [0.3, 0.4) is 0 Å². The third kappa shape index (κ3) is 3.16. The van der Waals surface area contributed by atoms with Gasteiger partial charge in [0.2, 0.25) is 0 Å². The van der Waals surface area contributed by atoms with Gasteiger partial charge < -0.3 is 14.8 Å². The molecular formula is C25H19N3O2. The molecule has 2 amide bonds. The van der Waals surface area contributed by atoms with E-state index in [4.69, 9.17) is 0 Å². The van der Waals surface area contributed by atoms with Crippen molar-refractivity contribution in [3.05, 3.63) is 114 Å². The van der Waals surface area contributed by atoms with Crippen LogP contribution in [0.1, 0.15) is 26.4 Å². The summed E-state index contributed by atoms with van der Waals surface area (Å²) < 4.78 is 2.11. The molecular weight excluding hydrogens is 374 g/mol. The van der Waals surface area contributed by atoms with E-state index in [0.717, 1.165) is 17.1 Å². The summed E-state index contributed by atoms with van der Waals surface area (Å²) in [6, 6.07) is 28.0. The third-order valence-electron chi connectivity index (χ3n) is 5.26. The van der Waals surface area contributed by atoms with Gasteiger partial charge in [-0.2, -0.15) is 0 Å². The highest BCUT2D eigenvalue weighted by Gasteiger charge is 2.26. The maximum absolute atomic E-state index is 13.3. The summed E-state index contributed by atoms with van der Waals surface area (Å²) >= 11 is 0. The van der Waals surface area contributed by atoms with Crippen molar-refractivity contribution in [2.75, 3.05) is 10.2 Å². The first-order valence-electron chi connectivity index (χ1n) is 9.75. The molecule has 30 heavy (non-hydrogen) atoms. The quantitative estimate of drug-likeness (QED) is 0.539. The van der Waals surface area contributed by atoms with Crippen molar-refractivity contribution in [2.45, 2.75) is 6.54 Å². The molecule has 146 valence electrons. The van der Waals surface area contributed by atoms with Gasteiger partial charge in [0.1, 0.15) is 0 Å². The molecule has 3 aromatic carbocycles. The largest absolute Gasteiger partial charge is 0.322 e. The Balaban J connectivity index is 1.38. The Morgan fingerprint density at radius 1 is 0.700 bits per heavy atom. The molecule has 5 heteroatoms. The number of rotatable bonds is 3. The predicted molar refractivity (Wildman–Crippen MR) is 117 cm³/mol. The van der Waals surface area contributed by atoms with Crippen molar-refractivity contribution < 1.29 is 9.59 Å². The van der Waals surface area contributed by atoms with Crippen molar-refractivity contribution in [1.29, 1.82) is 0 Å². The standard InChI is InChI=1S/C25H19N3O2/c29-24(18-7-2-1-3-8-18)26-20-14-12-19(13-15-20)25(30)28-17-21-9-6-16-27(21)22-10-4-5-11-23(22)28/h1-16H,17H2,(H,26,29). The lowest BCUT2D eigenvalue weighted by atomic mass is 10.1. The Morgan fingerprint density at radius 2 is 1.40 bits per heavy atom. The Morgan fingerprint density at radius 3 is 2.17 bits per heavy atom. The molecule has 1 N–H and O–H groups in total. The minimum absolute atomic E-state index is 0.0733. The zero-order chi connectivity index (χ0) is 20.5. The second-order valence-corrected chi connectivity index (χ2v) is 7.15. The van der Waals surface area contributed by atoms with E-state index in [1.807, 2.05) is 60.8 Å². The van der Waals surface area contributed by atoms with Crippen LogP contribution in [0.15, 0.2) is 97.2 Å². The van der Waals surface area contributed by atoms with Crippen LogP contribution in [0.5, 0.6) is 0 Å². The summed E-state index contributed by atoms with van der Waals surface area (Å²) in [6.07, 6.45) is 2.01. The maximum Gasteiger partial charge on any atom is 0.258 e. The number of carbonyl (C=O) groups is 2. The van der Waals surface area contributed by atoms with Crippen LogP contribution in [0.25, 0.3) is 5.69 Å². The fourth-order valence-electron chi connectivity index (χ4n) is 3.75. The van der Waals surface area contributed by atoms with Gasteiger partial charge in [0, 0.05) is 28.7 Å². The number of benzene rings is 3. The molecule has 1 aromatic heterocycles. The van der Waals surface area contributed by atoms with Crippen LogP contribution in [0.2, 0.25) is 0 Å². The van der Waals surface area contributed by atoms with E-state index in [0.29, 0.717) is 23.4 Å². The summed E-state index contributed by atoms with van der Waals surface area (Å²) in [5.41, 5.74) is 4.74. The van der Waals surface area contributed by atoms with Gasteiger partial charge in [0.15, 0.2) is 0 Å². The van der Waals surface area contributed by atoms with Gasteiger partial charge in [-0.15, -0.1) is 0 Å². The van der Waals surface area contributed by atoms with Crippen LogP contribution in [0, 0.1) is 0 Å². The van der Waals surface area contributed by atoms with Gasteiger partial charge in [-0.1, -0.05) is 30.3 Å². The molecule has 0 fully saturated rings. The average Bonchev–Trinajstić information content (AvgIpc) is 3.28. The van der Waals surface area contributed by atoms with Crippen LogP contribution >= 0.6 is 0 Å². The summed E-state index contributed by atoms with van der Waals surface area (Å²) in [5.74, 6) is -0.253. The molecule has 0 saturated carbocycles. The number of amides is 2. The zero-order valence-electron chi connectivity index (χ0n) is 16.2. The molecule has 0 spiro atoms. The van der Waals surface area contributed by atoms with Crippen molar-refractivity contribution in [3.63, 3.8) is 0 Å². The van der Waals surface area contributed by atoms with E-state index in [2.05, 4.69) is 9.88 Å². The number of fused-ring (bicyclic) bond motifs is 3. The predicted octanol–water partition coefficient (Wildman–Crippen LogP) is 4.89. The fourth-order valence-corrected chi connectivity index (χ4v) is 3.75. The van der Waals surface area contributed by atoms with Crippen LogP contribution in [-0.2, 0) is 6.54 Å². The number of hydrogen-bond donors (Lipinski definition) is 1. The second kappa shape index (κ2) is 7.37. The summed E-state index contributed by atoms with van der Waals surface area (Å²) in [6.45, 7) is 0.509. The lowest BCUT2D eigenvalue weighted by Gasteiger charge is -2.31. The number of nitrogens with zero attached hydrogens (tertiary/aromatic N) is 2. The van der Waals surface area contributed by atoms with Crippen molar-refractivity contribution in [2.24, 2.45) is 0 Å². The van der Waals surface area contributed by atoms with E-state index in [1.54, 1.807) is 41.3 Å². The summed E-state index contributed by atoms with van der Waals surface area (Å²) in [5, 5.41) is 2.86. The fraction of sp³-hybridized carbons (Fsp3) is 0.0400. The first-order chi connectivity index (χ1) is 14.7. The molecule has 1 aliphatic heterocycles. The normalized spacial score (nSPS) is 12.1. The van der Waals surface area contributed by atoms with Gasteiger partial charge in [0.25, 0.3) is 11.8 Å². The highest BCUT2D eigenvalue weighted by Crippen LogP contribution is 2.33. The summed E-state index contributed by atoms with van der Waals surface area (Å²) in [7, 11) is 0. The van der Waals surface area contributed by atoms with Gasteiger partial charge in [-0.25, -0.2) is 0 Å². The van der Waals surface area contributed by atoms with Gasteiger partial charge in [-0.05, 0) is 60.7 Å². The number of nitrogens with one attached hydrogen (secondary N) is 1. The second-order valence-electron chi connectivity index (χ2n) is 7.15. The smallest absolute Gasteiger partial charge is 0.258 e. The molecule has 5 nitrogen and oxygen atoms in total. The number of anilines is 2. The van der Waals surface area contributed by atoms with E-state index in [9.17, 15) is 9.59 Å². The van der Waals surface area contributed by atoms with Gasteiger partial charge in [-0.3, -0.25) is 9.59 Å². The Hall–Kier alpha value is -4.12. The van der Waals surface area contributed by atoms with Gasteiger partial charge in [0.05, 0.1) is 17.9 Å². The molecule has 0 saturated heterocycles. The topological polar surface area (TPSA) is 54.3 Å². The van der Waals surface area contributed by atoms with Crippen LogP contribution in [0.4, 0.5) is 11.4 Å². The Labute approximate surface area is 174 Å². The van der Waals surface area contributed by atoms with E-state index >= 15 is 0 Å². The molecule has 4 aromatic rings. The first kappa shape index (κ1) is 17.9. The molecule has 0 radical (unpaired) electrons. The number of carbonyl (C=O) groups excluding carboxylic acids is 2. The Kier molecular flexibility index (Phi) is 4.41. The number of aromatic nitrogens is 1. The molecule has 5 rings (SSSR count). The van der Waals surface area contributed by atoms with E-state index in [-0.39, 0.29) is 11.8 Å². The highest BCUT2D eigenvalue weighted by atomic mass is 16.2. The first-order valence-corrected chi connectivity index (χ1v) is 9.75. The maximum atomic E-state index is 13.3. The zero-order valence-corrected chi connectivity index (χ0v) is 16.2. The monoisotopic (exact) mass is 393 g/mol. The summed E-state index contributed by atoms with van der Waals surface area (Å²) in [4.78, 5) is 27.4. The lowest BCUT2D eigenvalue weighted by molar-refractivity contribution is 0.0982.